The number of hydrogen-bond donors (Lipinski definition) is 1. The zero-order valence-corrected chi connectivity index (χ0v) is 21.9. The Hall–Kier alpha value is -4.27. The number of benzene rings is 3. The molecule has 2 N–H and O–H groups in total. The fourth-order valence-corrected chi connectivity index (χ4v) is 5.46. The largest absolute Gasteiger partial charge is 0.398 e. The fraction of sp³-hybridized carbons (Fsp3) is 0.188. The van der Waals surface area contributed by atoms with Crippen LogP contribution in [0.2, 0.25) is 5.02 Å². The molecule has 0 radical (unpaired) electrons. The van der Waals surface area contributed by atoms with Gasteiger partial charge < -0.3 is 14.9 Å². The maximum Gasteiger partial charge on any atom is 0.255 e. The fourth-order valence-electron chi connectivity index (χ4n) is 5.28. The van der Waals surface area contributed by atoms with Gasteiger partial charge in [-0.25, -0.2) is 4.98 Å². The van der Waals surface area contributed by atoms with Crippen molar-refractivity contribution < 1.29 is 0 Å². The summed E-state index contributed by atoms with van der Waals surface area (Å²) in [6, 6.07) is 19.5. The van der Waals surface area contributed by atoms with Gasteiger partial charge in [-0.1, -0.05) is 47.9 Å². The highest BCUT2D eigenvalue weighted by Gasteiger charge is 2.27. The molecule has 1 aliphatic rings. The van der Waals surface area contributed by atoms with Crippen LogP contribution < -0.4 is 11.3 Å². The lowest BCUT2D eigenvalue weighted by Crippen LogP contribution is -2.27. The molecule has 0 spiro atoms. The summed E-state index contributed by atoms with van der Waals surface area (Å²) in [7, 11) is 1.95. The van der Waals surface area contributed by atoms with Gasteiger partial charge in [0.15, 0.2) is 0 Å². The van der Waals surface area contributed by atoms with Crippen LogP contribution in [0.5, 0.6) is 0 Å². The van der Waals surface area contributed by atoms with Crippen molar-refractivity contribution >= 4 is 28.2 Å². The van der Waals surface area contributed by atoms with Gasteiger partial charge in [0.05, 0.1) is 11.8 Å². The number of nitrogens with zero attached hydrogens (tertiary/aromatic N) is 3. The first kappa shape index (κ1) is 24.1. The second-order valence-corrected chi connectivity index (χ2v) is 10.5. The molecule has 0 amide bonds. The van der Waals surface area contributed by atoms with Crippen LogP contribution in [-0.2, 0) is 20.0 Å². The highest BCUT2D eigenvalue weighted by Crippen LogP contribution is 2.41. The number of rotatable bonds is 6. The number of hydrogen-bond acceptors (Lipinski definition) is 3. The summed E-state index contributed by atoms with van der Waals surface area (Å²) in [6.07, 6.45) is 12.1. The van der Waals surface area contributed by atoms with E-state index < -0.39 is 0 Å². The summed E-state index contributed by atoms with van der Waals surface area (Å²) in [5.74, 6) is 3.26. The third kappa shape index (κ3) is 4.27. The van der Waals surface area contributed by atoms with Gasteiger partial charge in [-0.15, -0.1) is 6.42 Å². The van der Waals surface area contributed by atoms with E-state index in [4.69, 9.17) is 23.8 Å². The molecule has 5 aromatic rings. The smallest absolute Gasteiger partial charge is 0.255 e. The maximum absolute atomic E-state index is 14.3. The van der Waals surface area contributed by atoms with Gasteiger partial charge >= 0.3 is 0 Å². The second kappa shape index (κ2) is 9.55. The summed E-state index contributed by atoms with van der Waals surface area (Å²) in [6.45, 7) is 0.692. The zero-order valence-electron chi connectivity index (χ0n) is 21.1. The van der Waals surface area contributed by atoms with Gasteiger partial charge in [0.2, 0.25) is 0 Å². The predicted octanol–water partition coefficient (Wildman–Crippen LogP) is 6.29. The average Bonchev–Trinajstić information content (AvgIpc) is 3.65. The first-order valence-corrected chi connectivity index (χ1v) is 13.1. The molecule has 0 saturated heterocycles. The molecule has 188 valence electrons. The lowest BCUT2D eigenvalue weighted by atomic mass is 9.88. The number of aryl methyl sites for hydroxylation is 1. The molecule has 2 heterocycles. The molecule has 1 saturated carbocycles. The molecule has 0 atom stereocenters. The van der Waals surface area contributed by atoms with E-state index in [1.807, 2.05) is 70.9 Å². The SMILES string of the molecule is C#Cc1cccc(-c2c(Cc3cncn3C)c(=O)n(CC3CC3)c3cccc(-c4ccc(Cl)cc4N)c23)c1. The molecule has 1 aliphatic carbocycles. The summed E-state index contributed by atoms with van der Waals surface area (Å²) in [4.78, 5) is 18.6. The Morgan fingerprint density at radius 1 is 1.11 bits per heavy atom. The van der Waals surface area contributed by atoms with Crippen LogP contribution in [0.3, 0.4) is 0 Å². The lowest BCUT2D eigenvalue weighted by molar-refractivity contribution is 0.622. The van der Waals surface area contributed by atoms with Crippen LogP contribution in [0, 0.1) is 18.3 Å². The average molecular weight is 519 g/mol. The van der Waals surface area contributed by atoms with E-state index >= 15 is 0 Å². The van der Waals surface area contributed by atoms with Crippen LogP contribution in [-0.4, -0.2) is 14.1 Å². The molecule has 0 bridgehead atoms. The molecule has 6 heteroatoms. The molecule has 0 unspecified atom stereocenters. The Bertz CT molecular complexity index is 1800. The van der Waals surface area contributed by atoms with E-state index in [9.17, 15) is 4.79 Å². The van der Waals surface area contributed by atoms with Crippen molar-refractivity contribution in [2.75, 3.05) is 5.73 Å². The number of fused-ring (bicyclic) bond motifs is 1. The van der Waals surface area contributed by atoms with Crippen molar-refractivity contribution in [1.29, 1.82) is 0 Å². The normalized spacial score (nSPS) is 13.1. The Morgan fingerprint density at radius 2 is 1.92 bits per heavy atom. The maximum atomic E-state index is 14.3. The molecule has 3 aromatic carbocycles. The van der Waals surface area contributed by atoms with Gasteiger partial charge in [-0.2, -0.15) is 0 Å². The predicted molar refractivity (Wildman–Crippen MR) is 155 cm³/mol. The topological polar surface area (TPSA) is 65.8 Å². The third-order valence-electron chi connectivity index (χ3n) is 7.42. The minimum Gasteiger partial charge on any atom is -0.398 e. The van der Waals surface area contributed by atoms with Crippen molar-refractivity contribution in [3.05, 3.63) is 105 Å². The van der Waals surface area contributed by atoms with E-state index in [-0.39, 0.29) is 5.56 Å². The van der Waals surface area contributed by atoms with E-state index in [2.05, 4.69) is 17.0 Å². The van der Waals surface area contributed by atoms with E-state index in [1.54, 1.807) is 12.4 Å². The Balaban J connectivity index is 1.77. The molecule has 0 aliphatic heterocycles. The number of pyridine rings is 1. The molecular formula is C32H27ClN4O. The van der Waals surface area contributed by atoms with Gasteiger partial charge in [-0.3, -0.25) is 4.79 Å². The highest BCUT2D eigenvalue weighted by molar-refractivity contribution is 6.31. The Kier molecular flexibility index (Phi) is 6.06. The van der Waals surface area contributed by atoms with Crippen LogP contribution in [0.15, 0.2) is 78.0 Å². The minimum atomic E-state index is 0.0212. The summed E-state index contributed by atoms with van der Waals surface area (Å²) in [5.41, 5.74) is 14.0. The van der Waals surface area contributed by atoms with Crippen molar-refractivity contribution in [2.45, 2.75) is 25.8 Å². The van der Waals surface area contributed by atoms with E-state index in [0.717, 1.165) is 62.8 Å². The third-order valence-corrected chi connectivity index (χ3v) is 7.66. The zero-order chi connectivity index (χ0) is 26.4. The minimum absolute atomic E-state index is 0.0212. The number of nitrogens with two attached hydrogens (primary N) is 1. The monoisotopic (exact) mass is 518 g/mol. The van der Waals surface area contributed by atoms with Crippen molar-refractivity contribution in [2.24, 2.45) is 13.0 Å². The van der Waals surface area contributed by atoms with Gasteiger partial charge in [0.25, 0.3) is 5.56 Å². The quantitative estimate of drug-likeness (QED) is 0.212. The van der Waals surface area contributed by atoms with Crippen molar-refractivity contribution in [3.8, 4) is 34.6 Å². The molecule has 2 aromatic heterocycles. The number of nitrogen functional groups attached to an aromatic ring is 1. The number of anilines is 1. The van der Waals surface area contributed by atoms with Gasteiger partial charge in [-0.05, 0) is 60.2 Å². The van der Waals surface area contributed by atoms with Gasteiger partial charge in [0.1, 0.15) is 0 Å². The van der Waals surface area contributed by atoms with Crippen molar-refractivity contribution in [1.82, 2.24) is 14.1 Å². The molecule has 1 fully saturated rings. The number of aromatic nitrogens is 3. The first-order chi connectivity index (χ1) is 18.4. The number of halogens is 1. The van der Waals surface area contributed by atoms with Crippen molar-refractivity contribution in [3.63, 3.8) is 0 Å². The molecular weight excluding hydrogens is 492 g/mol. The van der Waals surface area contributed by atoms with Crippen LogP contribution in [0.4, 0.5) is 5.69 Å². The summed E-state index contributed by atoms with van der Waals surface area (Å²) in [5, 5.41) is 1.56. The van der Waals surface area contributed by atoms with Crippen LogP contribution >= 0.6 is 11.6 Å². The lowest BCUT2D eigenvalue weighted by Gasteiger charge is -2.21. The number of imidazole rings is 1. The second-order valence-electron chi connectivity index (χ2n) is 10.0. The summed E-state index contributed by atoms with van der Waals surface area (Å²) >= 11 is 6.26. The molecule has 38 heavy (non-hydrogen) atoms. The summed E-state index contributed by atoms with van der Waals surface area (Å²) < 4.78 is 3.92. The number of terminal acetylenes is 1. The Morgan fingerprint density at radius 3 is 2.63 bits per heavy atom. The molecule has 6 rings (SSSR count). The van der Waals surface area contributed by atoms with Crippen LogP contribution in [0.1, 0.15) is 29.7 Å². The van der Waals surface area contributed by atoms with Gasteiger partial charge in [0, 0.05) is 70.3 Å². The molecule has 5 nitrogen and oxygen atoms in total. The Labute approximate surface area is 226 Å². The standard InChI is InChI=1S/C32H27ClN4O/c1-3-20-6-4-7-22(14-20)30-27(16-24-17-35-19-36(24)2)32(38)37(18-21-10-11-21)29-9-5-8-26(31(29)30)25-13-12-23(33)15-28(25)34/h1,4-9,12-15,17,19,21H,10-11,16,18,34H2,2H3. The van der Waals surface area contributed by atoms with E-state index in [0.29, 0.717) is 29.6 Å². The highest BCUT2D eigenvalue weighted by atomic mass is 35.5. The van der Waals surface area contributed by atoms with Crippen LogP contribution in [0.25, 0.3) is 33.2 Å². The first-order valence-electron chi connectivity index (χ1n) is 12.7. The van der Waals surface area contributed by atoms with E-state index in [1.165, 1.54) is 0 Å².